The van der Waals surface area contributed by atoms with Gasteiger partial charge in [-0.25, -0.2) is 4.79 Å². The van der Waals surface area contributed by atoms with Gasteiger partial charge in [0, 0.05) is 4.90 Å². The number of carbonyl (C=O) groups is 1. The Labute approximate surface area is 86.2 Å². The fourth-order valence-corrected chi connectivity index (χ4v) is 1.53. The summed E-state index contributed by atoms with van der Waals surface area (Å²) in [5.74, 6) is -0.402. The van der Waals surface area contributed by atoms with E-state index in [0.29, 0.717) is 10.6 Å². The number of thioether (sulfide) groups is 1. The summed E-state index contributed by atoms with van der Waals surface area (Å²) in [5, 5.41) is 0.421. The zero-order valence-electron chi connectivity index (χ0n) is 7.33. The number of benzene rings is 1. The predicted octanol–water partition coefficient (Wildman–Crippen LogP) is 2.85. The van der Waals surface area contributed by atoms with Crippen LogP contribution in [-0.4, -0.2) is 19.3 Å². The standard InChI is InChI=1S/C9H9ClO2S/c1-12-9(11)7-5-6(13-2)3-4-8(7)10/h3-5H,1-2H3. The summed E-state index contributed by atoms with van der Waals surface area (Å²) in [6, 6.07) is 5.28. The Morgan fingerprint density at radius 3 is 2.77 bits per heavy atom. The van der Waals surface area contributed by atoms with E-state index >= 15 is 0 Å². The molecule has 0 saturated carbocycles. The molecule has 70 valence electrons. The van der Waals surface area contributed by atoms with Gasteiger partial charge in [-0.2, -0.15) is 0 Å². The molecule has 1 aromatic rings. The van der Waals surface area contributed by atoms with Gasteiger partial charge < -0.3 is 4.74 Å². The van der Waals surface area contributed by atoms with Gasteiger partial charge in [-0.3, -0.25) is 0 Å². The Bertz CT molecular complexity index is 325. The van der Waals surface area contributed by atoms with Gasteiger partial charge in [-0.05, 0) is 24.5 Å². The molecule has 0 spiro atoms. The van der Waals surface area contributed by atoms with Crippen molar-refractivity contribution >= 4 is 29.3 Å². The first kappa shape index (κ1) is 10.4. The van der Waals surface area contributed by atoms with E-state index in [2.05, 4.69) is 4.74 Å². The van der Waals surface area contributed by atoms with E-state index < -0.39 is 5.97 Å². The molecule has 0 N–H and O–H groups in total. The number of rotatable bonds is 2. The monoisotopic (exact) mass is 216 g/mol. The van der Waals surface area contributed by atoms with E-state index in [-0.39, 0.29) is 0 Å². The van der Waals surface area contributed by atoms with Crippen molar-refractivity contribution in [1.29, 1.82) is 0 Å². The fraction of sp³-hybridized carbons (Fsp3) is 0.222. The molecule has 0 fully saturated rings. The fourth-order valence-electron chi connectivity index (χ4n) is 0.898. The number of halogens is 1. The van der Waals surface area contributed by atoms with Crippen molar-refractivity contribution in [3.8, 4) is 0 Å². The molecule has 0 heterocycles. The van der Waals surface area contributed by atoms with Crippen LogP contribution in [0.4, 0.5) is 0 Å². The molecule has 4 heteroatoms. The Morgan fingerprint density at radius 2 is 2.23 bits per heavy atom. The van der Waals surface area contributed by atoms with Crippen LogP contribution in [0.5, 0.6) is 0 Å². The van der Waals surface area contributed by atoms with Gasteiger partial charge >= 0.3 is 5.97 Å². The van der Waals surface area contributed by atoms with Crippen LogP contribution in [0.15, 0.2) is 23.1 Å². The van der Waals surface area contributed by atoms with Crippen molar-refractivity contribution in [3.05, 3.63) is 28.8 Å². The third kappa shape index (κ3) is 2.39. The van der Waals surface area contributed by atoms with Crippen LogP contribution >= 0.6 is 23.4 Å². The molecule has 0 aromatic heterocycles. The maximum absolute atomic E-state index is 11.2. The topological polar surface area (TPSA) is 26.3 Å². The zero-order chi connectivity index (χ0) is 9.84. The van der Waals surface area contributed by atoms with E-state index in [1.54, 1.807) is 23.9 Å². The highest BCUT2D eigenvalue weighted by atomic mass is 35.5. The first-order chi connectivity index (χ1) is 6.19. The SMILES string of the molecule is COC(=O)c1cc(SC)ccc1Cl. The highest BCUT2D eigenvalue weighted by Gasteiger charge is 2.10. The van der Waals surface area contributed by atoms with Crippen molar-refractivity contribution in [1.82, 2.24) is 0 Å². The molecule has 0 aliphatic rings. The lowest BCUT2D eigenvalue weighted by Crippen LogP contribution is -2.01. The van der Waals surface area contributed by atoms with E-state index in [1.807, 2.05) is 12.3 Å². The summed E-state index contributed by atoms with van der Waals surface area (Å²) in [5.41, 5.74) is 0.413. The van der Waals surface area contributed by atoms with Crippen LogP contribution in [-0.2, 0) is 4.74 Å². The van der Waals surface area contributed by atoms with Gasteiger partial charge in [0.1, 0.15) is 0 Å². The average Bonchev–Trinajstić information content (AvgIpc) is 2.17. The van der Waals surface area contributed by atoms with Crippen LogP contribution in [0.25, 0.3) is 0 Å². The maximum Gasteiger partial charge on any atom is 0.339 e. The second-order valence-corrected chi connectivity index (χ2v) is 3.62. The molecule has 2 nitrogen and oxygen atoms in total. The molecule has 0 amide bonds. The first-order valence-corrected chi connectivity index (χ1v) is 5.21. The first-order valence-electron chi connectivity index (χ1n) is 3.61. The van der Waals surface area contributed by atoms with Crippen molar-refractivity contribution in [2.24, 2.45) is 0 Å². The molecule has 0 aliphatic heterocycles. The van der Waals surface area contributed by atoms with Gasteiger partial charge in [-0.1, -0.05) is 11.6 Å². The normalized spacial score (nSPS) is 9.77. The minimum Gasteiger partial charge on any atom is -0.465 e. The summed E-state index contributed by atoms with van der Waals surface area (Å²) in [4.78, 5) is 12.2. The Hall–Kier alpha value is -0.670. The Kier molecular flexibility index (Phi) is 3.63. The van der Waals surface area contributed by atoms with Crippen molar-refractivity contribution < 1.29 is 9.53 Å². The molecule has 13 heavy (non-hydrogen) atoms. The lowest BCUT2D eigenvalue weighted by atomic mass is 10.2. The third-order valence-corrected chi connectivity index (χ3v) is 2.63. The molecule has 1 aromatic carbocycles. The number of hydrogen-bond acceptors (Lipinski definition) is 3. The lowest BCUT2D eigenvalue weighted by Gasteiger charge is -2.03. The third-order valence-electron chi connectivity index (χ3n) is 1.58. The maximum atomic E-state index is 11.2. The summed E-state index contributed by atoms with van der Waals surface area (Å²) >= 11 is 7.37. The Morgan fingerprint density at radius 1 is 1.54 bits per heavy atom. The highest BCUT2D eigenvalue weighted by Crippen LogP contribution is 2.23. The lowest BCUT2D eigenvalue weighted by molar-refractivity contribution is 0.0600. The minimum absolute atomic E-state index is 0.402. The van der Waals surface area contributed by atoms with Crippen molar-refractivity contribution in [2.45, 2.75) is 4.90 Å². The molecule has 0 saturated heterocycles. The van der Waals surface area contributed by atoms with Gasteiger partial charge in [0.05, 0.1) is 17.7 Å². The van der Waals surface area contributed by atoms with Crippen LogP contribution < -0.4 is 0 Å². The quantitative estimate of drug-likeness (QED) is 0.562. The number of esters is 1. The molecule has 0 bridgehead atoms. The van der Waals surface area contributed by atoms with Crippen LogP contribution in [0, 0.1) is 0 Å². The van der Waals surface area contributed by atoms with E-state index in [9.17, 15) is 4.79 Å². The van der Waals surface area contributed by atoms with Crippen LogP contribution in [0.1, 0.15) is 10.4 Å². The average molecular weight is 217 g/mol. The van der Waals surface area contributed by atoms with Gasteiger partial charge in [0.25, 0.3) is 0 Å². The summed E-state index contributed by atoms with van der Waals surface area (Å²) in [7, 11) is 1.34. The predicted molar refractivity (Wildman–Crippen MR) is 54.6 cm³/mol. The Balaban J connectivity index is 3.11. The molecular weight excluding hydrogens is 208 g/mol. The van der Waals surface area contributed by atoms with Crippen molar-refractivity contribution in [3.63, 3.8) is 0 Å². The van der Waals surface area contributed by atoms with Gasteiger partial charge in [0.15, 0.2) is 0 Å². The number of methoxy groups -OCH3 is 1. The number of carbonyl (C=O) groups excluding carboxylic acids is 1. The number of ether oxygens (including phenoxy) is 1. The summed E-state index contributed by atoms with van der Waals surface area (Å²) in [6.07, 6.45) is 1.93. The second kappa shape index (κ2) is 4.53. The molecular formula is C9H9ClO2S. The summed E-state index contributed by atoms with van der Waals surface area (Å²) < 4.78 is 4.58. The largest absolute Gasteiger partial charge is 0.465 e. The van der Waals surface area contributed by atoms with E-state index in [0.717, 1.165) is 4.90 Å². The van der Waals surface area contributed by atoms with E-state index in [4.69, 9.17) is 11.6 Å². The molecule has 0 aliphatic carbocycles. The van der Waals surface area contributed by atoms with Crippen molar-refractivity contribution in [2.75, 3.05) is 13.4 Å². The number of hydrogen-bond donors (Lipinski definition) is 0. The molecule has 0 atom stereocenters. The summed E-state index contributed by atoms with van der Waals surface area (Å²) in [6.45, 7) is 0. The van der Waals surface area contributed by atoms with Gasteiger partial charge in [0.2, 0.25) is 0 Å². The smallest absolute Gasteiger partial charge is 0.339 e. The molecule has 1 rings (SSSR count). The molecule has 0 radical (unpaired) electrons. The van der Waals surface area contributed by atoms with Crippen LogP contribution in [0.2, 0.25) is 5.02 Å². The van der Waals surface area contributed by atoms with Crippen LogP contribution in [0.3, 0.4) is 0 Å². The zero-order valence-corrected chi connectivity index (χ0v) is 8.91. The van der Waals surface area contributed by atoms with Gasteiger partial charge in [-0.15, -0.1) is 11.8 Å². The molecule has 0 unspecified atom stereocenters. The minimum atomic E-state index is -0.402. The second-order valence-electron chi connectivity index (χ2n) is 2.34. The highest BCUT2D eigenvalue weighted by molar-refractivity contribution is 7.98. The van der Waals surface area contributed by atoms with E-state index in [1.165, 1.54) is 7.11 Å².